The van der Waals surface area contributed by atoms with Crippen molar-refractivity contribution in [1.82, 2.24) is 0 Å². The summed E-state index contributed by atoms with van der Waals surface area (Å²) < 4.78 is 25.0. The molecule has 0 saturated carbocycles. The first-order valence-corrected chi connectivity index (χ1v) is 11.9. The fourth-order valence-corrected chi connectivity index (χ4v) is 4.49. The fourth-order valence-electron chi connectivity index (χ4n) is 4.33. The number of hydrogen-bond donors (Lipinski definition) is 3. The zero-order valence-electron chi connectivity index (χ0n) is 19.9. The Labute approximate surface area is 209 Å². The Bertz CT molecular complexity index is 1030. The molecule has 0 aromatic heterocycles. The highest BCUT2D eigenvalue weighted by molar-refractivity contribution is 6.30. The molecule has 1 heterocycles. The molecular formula is C25H31ClFN3O5. The summed E-state index contributed by atoms with van der Waals surface area (Å²) in [5, 5.41) is 14.9. The zero-order chi connectivity index (χ0) is 25.4. The minimum atomic E-state index is -0.945. The lowest BCUT2D eigenvalue weighted by Crippen LogP contribution is -2.40. The molecule has 1 saturated heterocycles. The summed E-state index contributed by atoms with van der Waals surface area (Å²) >= 11 is 5.80. The van der Waals surface area contributed by atoms with E-state index < -0.39 is 23.7 Å². The van der Waals surface area contributed by atoms with Crippen molar-refractivity contribution < 1.29 is 28.6 Å². The molecule has 2 amide bonds. The Morgan fingerprint density at radius 1 is 1.20 bits per heavy atom. The van der Waals surface area contributed by atoms with Crippen LogP contribution in [0.2, 0.25) is 5.02 Å². The number of nitrogens with zero attached hydrogens (tertiary/aromatic N) is 1. The number of carbonyl (C=O) groups excluding carboxylic acids is 1. The number of carbonyl (C=O) groups is 2. The van der Waals surface area contributed by atoms with Gasteiger partial charge in [0.25, 0.3) is 0 Å². The number of aliphatic carboxylic acids is 1. The van der Waals surface area contributed by atoms with Crippen molar-refractivity contribution in [3.05, 3.63) is 52.8 Å². The molecular weight excluding hydrogens is 477 g/mol. The minimum absolute atomic E-state index is 0.00971. The molecule has 190 valence electrons. The molecule has 3 rings (SSSR count). The van der Waals surface area contributed by atoms with Crippen LogP contribution in [-0.2, 0) is 14.3 Å². The normalized spacial score (nSPS) is 14.9. The van der Waals surface area contributed by atoms with E-state index in [2.05, 4.69) is 15.5 Å². The van der Waals surface area contributed by atoms with E-state index in [1.54, 1.807) is 6.07 Å². The molecule has 1 fully saturated rings. The van der Waals surface area contributed by atoms with Crippen LogP contribution >= 0.6 is 11.6 Å². The largest absolute Gasteiger partial charge is 0.481 e. The van der Waals surface area contributed by atoms with Gasteiger partial charge in [0.15, 0.2) is 0 Å². The van der Waals surface area contributed by atoms with Crippen LogP contribution in [0, 0.1) is 5.82 Å². The van der Waals surface area contributed by atoms with Gasteiger partial charge in [-0.2, -0.15) is 0 Å². The van der Waals surface area contributed by atoms with Crippen LogP contribution in [0.25, 0.3) is 0 Å². The maximum absolute atomic E-state index is 14.2. The number of urea groups is 1. The van der Waals surface area contributed by atoms with E-state index in [1.165, 1.54) is 19.2 Å². The average molecular weight is 508 g/mol. The Morgan fingerprint density at radius 3 is 2.54 bits per heavy atom. The fraction of sp³-hybridized carbons (Fsp3) is 0.440. The van der Waals surface area contributed by atoms with Gasteiger partial charge in [-0.25, -0.2) is 9.18 Å². The quantitative estimate of drug-likeness (QED) is 0.402. The number of hydrogen-bond acceptors (Lipinski definition) is 5. The van der Waals surface area contributed by atoms with Gasteiger partial charge >= 0.3 is 12.0 Å². The molecule has 0 spiro atoms. The summed E-state index contributed by atoms with van der Waals surface area (Å²) in [6.07, 6.45) is 1.58. The van der Waals surface area contributed by atoms with Crippen LogP contribution in [-0.4, -0.2) is 56.6 Å². The van der Waals surface area contributed by atoms with Gasteiger partial charge in [0, 0.05) is 43.9 Å². The van der Waals surface area contributed by atoms with Crippen molar-refractivity contribution in [3.8, 4) is 0 Å². The molecule has 8 nitrogen and oxygen atoms in total. The summed E-state index contributed by atoms with van der Waals surface area (Å²) in [5.74, 6) is -2.00. The number of rotatable bonds is 10. The predicted octanol–water partition coefficient (Wildman–Crippen LogP) is 5.33. The highest BCUT2D eigenvalue weighted by atomic mass is 35.5. The lowest BCUT2D eigenvalue weighted by molar-refractivity contribution is -0.137. The third-order valence-electron chi connectivity index (χ3n) is 5.99. The molecule has 0 aliphatic carbocycles. The summed E-state index contributed by atoms with van der Waals surface area (Å²) in [5.41, 5.74) is 1.99. The smallest absolute Gasteiger partial charge is 0.323 e. The zero-order valence-corrected chi connectivity index (χ0v) is 20.6. The molecule has 1 aliphatic rings. The van der Waals surface area contributed by atoms with Gasteiger partial charge in [-0.3, -0.25) is 4.79 Å². The summed E-state index contributed by atoms with van der Waals surface area (Å²) in [6, 6.07) is 9.10. The van der Waals surface area contributed by atoms with Gasteiger partial charge in [-0.1, -0.05) is 17.7 Å². The highest BCUT2D eigenvalue weighted by Gasteiger charge is 2.25. The monoisotopic (exact) mass is 507 g/mol. The van der Waals surface area contributed by atoms with Crippen LogP contribution in [0.15, 0.2) is 36.4 Å². The molecule has 10 heteroatoms. The molecule has 1 aliphatic heterocycles. The number of carboxylic acid groups (broad SMARTS) is 1. The van der Waals surface area contributed by atoms with Gasteiger partial charge in [-0.15, -0.1) is 0 Å². The first-order chi connectivity index (χ1) is 16.8. The number of halogens is 2. The molecule has 0 bridgehead atoms. The van der Waals surface area contributed by atoms with Gasteiger partial charge < -0.3 is 30.1 Å². The lowest BCUT2D eigenvalue weighted by atomic mass is 9.95. The summed E-state index contributed by atoms with van der Waals surface area (Å²) in [4.78, 5) is 26.5. The Balaban J connectivity index is 1.94. The van der Waals surface area contributed by atoms with Gasteiger partial charge in [0.2, 0.25) is 0 Å². The standard InChI is InChI=1S/C25H31ClFN3O5/c1-3-30(19-8-10-35-11-9-19)23-7-4-16(17(15-34-2)13-24(31)32)12-22(23)29-25(33)28-21-6-5-18(26)14-20(21)27/h4-7,12,14,17,19H,3,8-11,13,15H2,1-2H3,(H,31,32)(H2,28,29,33)/t17-/m1/s1. The molecule has 0 radical (unpaired) electrons. The second-order valence-electron chi connectivity index (χ2n) is 8.36. The van der Waals surface area contributed by atoms with E-state index in [4.69, 9.17) is 21.1 Å². The van der Waals surface area contributed by atoms with Crippen molar-refractivity contribution in [1.29, 1.82) is 0 Å². The Morgan fingerprint density at radius 2 is 1.91 bits per heavy atom. The maximum Gasteiger partial charge on any atom is 0.323 e. The summed E-state index contributed by atoms with van der Waals surface area (Å²) in [6.45, 7) is 4.27. The van der Waals surface area contributed by atoms with Crippen molar-refractivity contribution >= 4 is 40.7 Å². The second kappa shape index (κ2) is 12.7. The topological polar surface area (TPSA) is 100 Å². The predicted molar refractivity (Wildman–Crippen MR) is 134 cm³/mol. The minimum Gasteiger partial charge on any atom is -0.481 e. The first-order valence-electron chi connectivity index (χ1n) is 11.5. The van der Waals surface area contributed by atoms with Crippen molar-refractivity contribution in [3.63, 3.8) is 0 Å². The number of amides is 2. The number of nitrogens with one attached hydrogen (secondary N) is 2. The third-order valence-corrected chi connectivity index (χ3v) is 6.23. The van der Waals surface area contributed by atoms with Crippen LogP contribution in [0.4, 0.5) is 26.2 Å². The maximum atomic E-state index is 14.2. The van der Waals surface area contributed by atoms with E-state index in [1.807, 2.05) is 19.1 Å². The van der Waals surface area contributed by atoms with Crippen molar-refractivity contribution in [2.45, 2.75) is 38.1 Å². The van der Waals surface area contributed by atoms with Crippen LogP contribution in [0.3, 0.4) is 0 Å². The van der Waals surface area contributed by atoms with Crippen molar-refractivity contribution in [2.75, 3.05) is 49.0 Å². The lowest BCUT2D eigenvalue weighted by Gasteiger charge is -2.36. The molecule has 2 aromatic rings. The third kappa shape index (κ3) is 7.30. The SMILES string of the molecule is CCN(c1ccc([C@@H](COC)CC(=O)O)cc1NC(=O)Nc1ccc(Cl)cc1F)C1CCOCC1. The summed E-state index contributed by atoms with van der Waals surface area (Å²) in [7, 11) is 1.51. The van der Waals surface area contributed by atoms with Crippen LogP contribution in [0.5, 0.6) is 0 Å². The number of benzene rings is 2. The van der Waals surface area contributed by atoms with E-state index >= 15 is 0 Å². The molecule has 1 atom stereocenters. The molecule has 2 aromatic carbocycles. The number of ether oxygens (including phenoxy) is 2. The van der Waals surface area contributed by atoms with Crippen molar-refractivity contribution in [2.24, 2.45) is 0 Å². The van der Waals surface area contributed by atoms with E-state index in [-0.39, 0.29) is 29.8 Å². The van der Waals surface area contributed by atoms with Crippen LogP contribution < -0.4 is 15.5 Å². The van der Waals surface area contributed by atoms with E-state index in [9.17, 15) is 19.1 Å². The number of methoxy groups -OCH3 is 1. The number of carboxylic acids is 1. The molecule has 35 heavy (non-hydrogen) atoms. The second-order valence-corrected chi connectivity index (χ2v) is 8.80. The Hall–Kier alpha value is -2.88. The Kier molecular flexibility index (Phi) is 9.71. The van der Waals surface area contributed by atoms with Crippen LogP contribution in [0.1, 0.15) is 37.7 Å². The highest BCUT2D eigenvalue weighted by Crippen LogP contribution is 2.34. The average Bonchev–Trinajstić information content (AvgIpc) is 2.82. The van der Waals surface area contributed by atoms with E-state index in [0.29, 0.717) is 31.0 Å². The van der Waals surface area contributed by atoms with Gasteiger partial charge in [0.05, 0.1) is 30.1 Å². The van der Waals surface area contributed by atoms with Gasteiger partial charge in [-0.05, 0) is 55.7 Å². The molecule has 3 N–H and O–H groups in total. The van der Waals surface area contributed by atoms with E-state index in [0.717, 1.165) is 24.6 Å². The number of anilines is 3. The molecule has 0 unspecified atom stereocenters. The van der Waals surface area contributed by atoms with Gasteiger partial charge in [0.1, 0.15) is 5.82 Å². The first kappa shape index (κ1) is 26.7.